The smallest absolute Gasteiger partial charge is 0.411 e. The molecule has 1 saturated heterocycles. The number of aromatic nitrogens is 1. The standard InChI is InChI=1S/C28H30N2O5/c1-19(20-9-11-21(12-10-20)24-14-13-22(17-29-24)25(31)32)30-16-15-28(35-26(30)33,18-27(2,3)34)23-7-5-4-6-8-23/h4-14,17,19,34H,15-16,18H2,1-3H3,(H,31,32)/t19-,28-/m0/s1. The summed E-state index contributed by atoms with van der Waals surface area (Å²) in [7, 11) is 0. The Hall–Kier alpha value is -3.71. The molecular weight excluding hydrogens is 444 g/mol. The largest absolute Gasteiger partial charge is 0.478 e. The van der Waals surface area contributed by atoms with E-state index in [0.717, 1.165) is 16.7 Å². The zero-order valence-electron chi connectivity index (χ0n) is 20.1. The number of ether oxygens (including phenoxy) is 1. The number of hydrogen-bond donors (Lipinski definition) is 2. The van der Waals surface area contributed by atoms with Gasteiger partial charge in [-0.1, -0.05) is 54.6 Å². The van der Waals surface area contributed by atoms with Gasteiger partial charge < -0.3 is 19.8 Å². The van der Waals surface area contributed by atoms with E-state index in [1.807, 2.05) is 61.5 Å². The highest BCUT2D eigenvalue weighted by molar-refractivity contribution is 5.87. The lowest BCUT2D eigenvalue weighted by atomic mass is 9.80. The van der Waals surface area contributed by atoms with Crippen molar-refractivity contribution in [1.82, 2.24) is 9.88 Å². The van der Waals surface area contributed by atoms with Gasteiger partial charge in [0.2, 0.25) is 0 Å². The van der Waals surface area contributed by atoms with E-state index < -0.39 is 23.3 Å². The Bertz CT molecular complexity index is 1190. The van der Waals surface area contributed by atoms with Crippen molar-refractivity contribution in [3.63, 3.8) is 0 Å². The number of nitrogens with zero attached hydrogens (tertiary/aromatic N) is 2. The van der Waals surface area contributed by atoms with E-state index >= 15 is 0 Å². The highest BCUT2D eigenvalue weighted by Gasteiger charge is 2.46. The van der Waals surface area contributed by atoms with Crippen LogP contribution >= 0.6 is 0 Å². The van der Waals surface area contributed by atoms with Crippen LogP contribution in [0, 0.1) is 0 Å². The van der Waals surface area contributed by atoms with Crippen molar-refractivity contribution in [2.24, 2.45) is 0 Å². The summed E-state index contributed by atoms with van der Waals surface area (Å²) in [5.41, 5.74) is 1.61. The van der Waals surface area contributed by atoms with Crippen molar-refractivity contribution >= 4 is 12.1 Å². The maximum Gasteiger partial charge on any atom is 0.411 e. The molecule has 1 amide bonds. The molecule has 0 unspecified atom stereocenters. The summed E-state index contributed by atoms with van der Waals surface area (Å²) in [6, 6.07) is 20.3. The van der Waals surface area contributed by atoms with E-state index in [-0.39, 0.29) is 11.6 Å². The Balaban J connectivity index is 1.51. The third kappa shape index (κ3) is 5.35. The molecule has 4 rings (SSSR count). The maximum atomic E-state index is 13.2. The number of carbonyl (C=O) groups excluding carboxylic acids is 1. The SMILES string of the molecule is C[C@@H](c1ccc(-c2ccc(C(=O)O)cn2)cc1)N1CC[C@](CC(C)(C)O)(c2ccccc2)OC1=O. The maximum absolute atomic E-state index is 13.2. The van der Waals surface area contributed by atoms with Crippen LogP contribution in [-0.2, 0) is 10.3 Å². The molecular formula is C28H30N2O5. The zero-order valence-corrected chi connectivity index (χ0v) is 20.1. The molecule has 2 heterocycles. The summed E-state index contributed by atoms with van der Waals surface area (Å²) in [4.78, 5) is 30.2. The van der Waals surface area contributed by atoms with Gasteiger partial charge in [-0.05, 0) is 44.0 Å². The highest BCUT2D eigenvalue weighted by atomic mass is 16.6. The molecule has 0 radical (unpaired) electrons. The van der Waals surface area contributed by atoms with Gasteiger partial charge in [0.1, 0.15) is 5.60 Å². The third-order valence-electron chi connectivity index (χ3n) is 6.46. The normalized spacial score (nSPS) is 19.2. The predicted octanol–water partition coefficient (Wildman–Crippen LogP) is 5.41. The topological polar surface area (TPSA) is 100.0 Å². The quantitative estimate of drug-likeness (QED) is 0.475. The summed E-state index contributed by atoms with van der Waals surface area (Å²) >= 11 is 0. The van der Waals surface area contributed by atoms with E-state index in [2.05, 4.69) is 4.98 Å². The van der Waals surface area contributed by atoms with Crippen molar-refractivity contribution in [1.29, 1.82) is 0 Å². The number of pyridine rings is 1. The van der Waals surface area contributed by atoms with Crippen LogP contribution in [0.2, 0.25) is 0 Å². The van der Waals surface area contributed by atoms with Crippen LogP contribution in [0.5, 0.6) is 0 Å². The van der Waals surface area contributed by atoms with E-state index in [1.54, 1.807) is 24.8 Å². The second-order valence-electron chi connectivity index (χ2n) is 9.70. The summed E-state index contributed by atoms with van der Waals surface area (Å²) in [6.07, 6.45) is 1.80. The first-order valence-electron chi connectivity index (χ1n) is 11.7. The Morgan fingerprint density at radius 2 is 1.80 bits per heavy atom. The highest BCUT2D eigenvalue weighted by Crippen LogP contribution is 2.42. The zero-order chi connectivity index (χ0) is 25.2. The summed E-state index contributed by atoms with van der Waals surface area (Å²) < 4.78 is 6.08. The van der Waals surface area contributed by atoms with Crippen molar-refractivity contribution in [2.45, 2.75) is 50.9 Å². The molecule has 1 fully saturated rings. The number of carbonyl (C=O) groups is 2. The van der Waals surface area contributed by atoms with Crippen LogP contribution < -0.4 is 0 Å². The Labute approximate surface area is 205 Å². The number of carboxylic acids is 1. The molecule has 1 aliphatic heterocycles. The molecule has 0 spiro atoms. The lowest BCUT2D eigenvalue weighted by Gasteiger charge is -2.45. The third-order valence-corrected chi connectivity index (χ3v) is 6.46. The molecule has 2 aromatic carbocycles. The molecule has 35 heavy (non-hydrogen) atoms. The summed E-state index contributed by atoms with van der Waals surface area (Å²) in [5, 5.41) is 19.6. The minimum Gasteiger partial charge on any atom is -0.478 e. The van der Waals surface area contributed by atoms with Crippen molar-refractivity contribution in [3.05, 3.63) is 89.6 Å². The molecule has 2 atom stereocenters. The average Bonchev–Trinajstić information content (AvgIpc) is 2.83. The van der Waals surface area contributed by atoms with Gasteiger partial charge in [-0.3, -0.25) is 4.98 Å². The van der Waals surface area contributed by atoms with Crippen molar-refractivity contribution < 1.29 is 24.5 Å². The van der Waals surface area contributed by atoms with Gasteiger partial charge in [0.05, 0.1) is 22.9 Å². The number of aromatic carboxylic acids is 1. The minimum atomic E-state index is -1.01. The molecule has 0 aliphatic carbocycles. The van der Waals surface area contributed by atoms with Gasteiger partial charge in [0.25, 0.3) is 0 Å². The first-order valence-corrected chi connectivity index (χ1v) is 11.7. The molecule has 2 N–H and O–H groups in total. The fourth-order valence-corrected chi connectivity index (χ4v) is 4.69. The van der Waals surface area contributed by atoms with Crippen molar-refractivity contribution in [2.75, 3.05) is 6.54 Å². The van der Waals surface area contributed by atoms with E-state index in [1.165, 1.54) is 12.3 Å². The molecule has 1 aromatic heterocycles. The fourth-order valence-electron chi connectivity index (χ4n) is 4.69. The number of aliphatic hydroxyl groups is 1. The first kappa shape index (κ1) is 24.4. The fraction of sp³-hybridized carbons (Fsp3) is 0.321. The van der Waals surface area contributed by atoms with Crippen LogP contribution in [0.15, 0.2) is 72.9 Å². The molecule has 7 heteroatoms. The van der Waals surface area contributed by atoms with Gasteiger partial charge in [0.15, 0.2) is 0 Å². The van der Waals surface area contributed by atoms with Crippen LogP contribution in [0.4, 0.5) is 4.79 Å². The van der Waals surface area contributed by atoms with Gasteiger partial charge >= 0.3 is 12.1 Å². The van der Waals surface area contributed by atoms with Crippen LogP contribution in [-0.4, -0.2) is 44.3 Å². The van der Waals surface area contributed by atoms with Crippen LogP contribution in [0.1, 0.15) is 61.1 Å². The Morgan fingerprint density at radius 3 is 2.34 bits per heavy atom. The molecule has 182 valence electrons. The van der Waals surface area contributed by atoms with Crippen LogP contribution in [0.25, 0.3) is 11.3 Å². The predicted molar refractivity (Wildman–Crippen MR) is 132 cm³/mol. The minimum absolute atomic E-state index is 0.138. The van der Waals surface area contributed by atoms with Crippen LogP contribution in [0.3, 0.4) is 0 Å². The lowest BCUT2D eigenvalue weighted by molar-refractivity contribution is -0.101. The monoisotopic (exact) mass is 474 g/mol. The van der Waals surface area contributed by atoms with E-state index in [0.29, 0.717) is 25.1 Å². The molecule has 0 bridgehead atoms. The Morgan fingerprint density at radius 1 is 1.11 bits per heavy atom. The second-order valence-corrected chi connectivity index (χ2v) is 9.70. The van der Waals surface area contributed by atoms with Gasteiger partial charge in [-0.2, -0.15) is 0 Å². The molecule has 0 saturated carbocycles. The van der Waals surface area contributed by atoms with E-state index in [9.17, 15) is 14.7 Å². The second kappa shape index (κ2) is 9.50. The number of cyclic esters (lactones) is 1. The van der Waals surface area contributed by atoms with Gasteiger partial charge in [-0.25, -0.2) is 9.59 Å². The first-order chi connectivity index (χ1) is 16.6. The molecule has 3 aromatic rings. The number of carboxylic acid groups (broad SMARTS) is 1. The van der Waals surface area contributed by atoms with Crippen molar-refractivity contribution in [3.8, 4) is 11.3 Å². The van der Waals surface area contributed by atoms with Gasteiger partial charge in [0, 0.05) is 31.1 Å². The molecule has 1 aliphatic rings. The summed E-state index contributed by atoms with van der Waals surface area (Å²) in [6.45, 7) is 5.91. The lowest BCUT2D eigenvalue weighted by Crippen LogP contribution is -2.51. The van der Waals surface area contributed by atoms with E-state index in [4.69, 9.17) is 9.84 Å². The summed E-state index contributed by atoms with van der Waals surface area (Å²) in [5.74, 6) is -1.01. The number of hydrogen-bond acceptors (Lipinski definition) is 5. The molecule has 7 nitrogen and oxygen atoms in total. The van der Waals surface area contributed by atoms with Gasteiger partial charge in [-0.15, -0.1) is 0 Å². The number of amides is 1. The average molecular weight is 475 g/mol. The number of rotatable bonds is 7. The Kier molecular flexibility index (Phi) is 6.63. The number of benzene rings is 2.